The second kappa shape index (κ2) is 4.38. The Balaban J connectivity index is 4.11. The van der Waals surface area contributed by atoms with E-state index in [2.05, 4.69) is 5.18 Å². The van der Waals surface area contributed by atoms with Crippen LogP contribution in [-0.2, 0) is 0 Å². The van der Waals surface area contributed by atoms with Crippen molar-refractivity contribution in [3.05, 3.63) is 4.91 Å². The van der Waals surface area contributed by atoms with E-state index in [1.54, 1.807) is 6.92 Å². The van der Waals surface area contributed by atoms with Crippen LogP contribution in [0.5, 0.6) is 0 Å². The molecule has 0 aliphatic heterocycles. The van der Waals surface area contributed by atoms with E-state index in [0.717, 1.165) is 0 Å². The molecule has 5 heteroatoms. The molecule has 0 aromatic carbocycles. The predicted molar refractivity (Wildman–Crippen MR) is 42.9 cm³/mol. The van der Waals surface area contributed by atoms with Crippen LogP contribution in [0, 0.1) is 4.91 Å². The van der Waals surface area contributed by atoms with Gasteiger partial charge in [0.15, 0.2) is 0 Å². The van der Waals surface area contributed by atoms with Crippen LogP contribution in [-0.4, -0.2) is 29.8 Å². The van der Waals surface area contributed by atoms with Crippen molar-refractivity contribution >= 4 is 0 Å². The lowest BCUT2D eigenvalue weighted by molar-refractivity contribution is 0.209. The zero-order chi connectivity index (χ0) is 8.91. The molecule has 0 spiro atoms. The summed E-state index contributed by atoms with van der Waals surface area (Å²) in [6, 6.07) is -0.758. The van der Waals surface area contributed by atoms with Crippen LogP contribution in [0.15, 0.2) is 5.18 Å². The van der Waals surface area contributed by atoms with Crippen LogP contribution in [0.4, 0.5) is 0 Å². The minimum absolute atomic E-state index is 0.323. The molecule has 0 amide bonds. The minimum Gasteiger partial charge on any atom is -0.394 e. The highest BCUT2D eigenvalue weighted by Gasteiger charge is 2.29. The molecule has 0 saturated heterocycles. The maximum atomic E-state index is 10.1. The number of hydrogen-bond acceptors (Lipinski definition) is 5. The average molecular weight is 161 g/mol. The Morgan fingerprint density at radius 1 is 1.73 bits per heavy atom. The lowest BCUT2D eigenvalue weighted by Crippen LogP contribution is -2.50. The van der Waals surface area contributed by atoms with Gasteiger partial charge in [-0.25, -0.2) is 0 Å². The van der Waals surface area contributed by atoms with Gasteiger partial charge in [0.05, 0.1) is 6.61 Å². The first-order valence-electron chi connectivity index (χ1n) is 3.50. The third kappa shape index (κ3) is 2.92. The second-order valence-corrected chi connectivity index (χ2v) is 2.85. The molecule has 0 aromatic rings. The van der Waals surface area contributed by atoms with Gasteiger partial charge >= 0.3 is 0 Å². The number of aliphatic hydroxyl groups is 1. The maximum Gasteiger partial charge on any atom is 0.132 e. The minimum atomic E-state index is -0.786. The largest absolute Gasteiger partial charge is 0.394 e. The Bertz CT molecular complexity index is 127. The Morgan fingerprint density at radius 3 is 2.55 bits per heavy atom. The molecule has 0 radical (unpaired) electrons. The van der Waals surface area contributed by atoms with Gasteiger partial charge in [0.25, 0.3) is 0 Å². The SMILES string of the molecule is CC(N)(CCN)C(CO)N=O. The Morgan fingerprint density at radius 2 is 2.27 bits per heavy atom. The smallest absolute Gasteiger partial charge is 0.132 e. The molecule has 0 heterocycles. The van der Waals surface area contributed by atoms with Crippen LogP contribution in [0.3, 0.4) is 0 Å². The van der Waals surface area contributed by atoms with E-state index >= 15 is 0 Å². The lowest BCUT2D eigenvalue weighted by Gasteiger charge is -2.27. The van der Waals surface area contributed by atoms with Crippen molar-refractivity contribution in [3.8, 4) is 0 Å². The van der Waals surface area contributed by atoms with Crippen molar-refractivity contribution in [1.82, 2.24) is 0 Å². The summed E-state index contributed by atoms with van der Waals surface area (Å²) < 4.78 is 0. The summed E-state index contributed by atoms with van der Waals surface area (Å²) >= 11 is 0. The van der Waals surface area contributed by atoms with Gasteiger partial charge in [-0.3, -0.25) is 0 Å². The van der Waals surface area contributed by atoms with Crippen molar-refractivity contribution in [1.29, 1.82) is 0 Å². The molecular weight excluding hydrogens is 146 g/mol. The summed E-state index contributed by atoms with van der Waals surface area (Å²) in [6.45, 7) is 1.72. The van der Waals surface area contributed by atoms with Gasteiger partial charge < -0.3 is 16.6 Å². The predicted octanol–water partition coefficient (Wildman–Crippen LogP) is -0.820. The maximum absolute atomic E-state index is 10.1. The molecule has 5 N–H and O–H groups in total. The normalized spacial score (nSPS) is 18.9. The fourth-order valence-electron chi connectivity index (χ4n) is 0.840. The fourth-order valence-corrected chi connectivity index (χ4v) is 0.840. The van der Waals surface area contributed by atoms with Crippen LogP contribution in [0.25, 0.3) is 0 Å². The summed E-state index contributed by atoms with van der Waals surface area (Å²) in [7, 11) is 0. The monoisotopic (exact) mass is 161 g/mol. The van der Waals surface area contributed by atoms with Gasteiger partial charge in [0.2, 0.25) is 0 Å². The standard InChI is InChI=1S/C6H15N3O2/c1-6(8,2-3-7)5(4-10)9-11/h5,10H,2-4,7-8H2,1H3. The summed E-state index contributed by atoms with van der Waals surface area (Å²) in [5.74, 6) is 0. The Kier molecular flexibility index (Phi) is 4.17. The first kappa shape index (κ1) is 10.5. The van der Waals surface area contributed by atoms with E-state index in [-0.39, 0.29) is 6.61 Å². The van der Waals surface area contributed by atoms with Gasteiger partial charge in [-0.1, -0.05) is 5.18 Å². The van der Waals surface area contributed by atoms with E-state index in [0.29, 0.717) is 13.0 Å². The van der Waals surface area contributed by atoms with Gasteiger partial charge in [0.1, 0.15) is 6.04 Å². The molecule has 0 aromatic heterocycles. The van der Waals surface area contributed by atoms with E-state index in [9.17, 15) is 4.91 Å². The lowest BCUT2D eigenvalue weighted by atomic mass is 9.91. The zero-order valence-electron chi connectivity index (χ0n) is 6.66. The molecule has 2 unspecified atom stereocenters. The Labute approximate surface area is 65.7 Å². The van der Waals surface area contributed by atoms with Gasteiger partial charge in [-0.2, -0.15) is 4.91 Å². The molecular formula is C6H15N3O2. The molecule has 5 nitrogen and oxygen atoms in total. The third-order valence-corrected chi connectivity index (χ3v) is 1.74. The van der Waals surface area contributed by atoms with E-state index in [4.69, 9.17) is 16.6 Å². The van der Waals surface area contributed by atoms with Crippen molar-refractivity contribution < 1.29 is 5.11 Å². The van der Waals surface area contributed by atoms with Crippen LogP contribution >= 0.6 is 0 Å². The highest BCUT2D eigenvalue weighted by atomic mass is 16.3. The molecule has 0 saturated carbocycles. The number of hydrogen-bond donors (Lipinski definition) is 3. The number of nitrogens with zero attached hydrogens (tertiary/aromatic N) is 1. The molecule has 0 fully saturated rings. The number of nitrogens with two attached hydrogens (primary N) is 2. The third-order valence-electron chi connectivity index (χ3n) is 1.74. The molecule has 0 aliphatic rings. The van der Waals surface area contributed by atoms with Crippen molar-refractivity contribution in [3.63, 3.8) is 0 Å². The van der Waals surface area contributed by atoms with Gasteiger partial charge in [0, 0.05) is 5.54 Å². The van der Waals surface area contributed by atoms with E-state index in [1.165, 1.54) is 0 Å². The summed E-state index contributed by atoms with van der Waals surface area (Å²) in [5.41, 5.74) is 10.1. The van der Waals surface area contributed by atoms with Crippen molar-refractivity contribution in [2.45, 2.75) is 24.9 Å². The molecule has 0 rings (SSSR count). The van der Waals surface area contributed by atoms with Gasteiger partial charge in [-0.05, 0) is 19.9 Å². The van der Waals surface area contributed by atoms with Crippen molar-refractivity contribution in [2.75, 3.05) is 13.2 Å². The average Bonchev–Trinajstić information content (AvgIpc) is 1.89. The molecule has 2 atom stereocenters. The molecule has 66 valence electrons. The summed E-state index contributed by atoms with van der Waals surface area (Å²) in [5, 5.41) is 11.4. The highest BCUT2D eigenvalue weighted by molar-refractivity contribution is 4.91. The van der Waals surface area contributed by atoms with Crippen LogP contribution in [0.1, 0.15) is 13.3 Å². The molecule has 11 heavy (non-hydrogen) atoms. The quantitative estimate of drug-likeness (QED) is 0.458. The second-order valence-electron chi connectivity index (χ2n) is 2.85. The molecule has 0 aliphatic carbocycles. The van der Waals surface area contributed by atoms with Crippen molar-refractivity contribution in [2.24, 2.45) is 16.6 Å². The van der Waals surface area contributed by atoms with Gasteiger partial charge in [-0.15, -0.1) is 0 Å². The van der Waals surface area contributed by atoms with E-state index < -0.39 is 11.6 Å². The number of aliphatic hydroxyl groups excluding tert-OH is 1. The fraction of sp³-hybridized carbons (Fsp3) is 1.00. The summed E-state index contributed by atoms with van der Waals surface area (Å²) in [4.78, 5) is 10.1. The molecule has 0 bridgehead atoms. The first-order valence-corrected chi connectivity index (χ1v) is 3.50. The first-order chi connectivity index (χ1) is 5.08. The van der Waals surface area contributed by atoms with Crippen LogP contribution in [0.2, 0.25) is 0 Å². The number of nitroso groups, excluding NO2 is 1. The van der Waals surface area contributed by atoms with Crippen LogP contribution < -0.4 is 11.5 Å². The summed E-state index contributed by atoms with van der Waals surface area (Å²) in [6.07, 6.45) is 0.476. The van der Waals surface area contributed by atoms with E-state index in [1.807, 2.05) is 0 Å². The topological polar surface area (TPSA) is 102 Å². The Hall–Kier alpha value is -0.520. The number of rotatable bonds is 5. The zero-order valence-corrected chi connectivity index (χ0v) is 6.66. The highest BCUT2D eigenvalue weighted by Crippen LogP contribution is 2.13.